The normalized spacial score (nSPS) is 21.9. The lowest BCUT2D eigenvalue weighted by Gasteiger charge is -2.05. The lowest BCUT2D eigenvalue weighted by Crippen LogP contribution is -2.18. The topological polar surface area (TPSA) is 85.1 Å². The van der Waals surface area contributed by atoms with Crippen molar-refractivity contribution in [3.8, 4) is 0 Å². The zero-order valence-corrected chi connectivity index (χ0v) is 15.1. The molecule has 5 nitrogen and oxygen atoms in total. The molecule has 0 unspecified atom stereocenters. The fourth-order valence-electron chi connectivity index (χ4n) is 3.58. The Kier molecular flexibility index (Phi) is 4.66. The Morgan fingerprint density at radius 1 is 1.24 bits per heavy atom. The number of primary sulfonamides is 1. The zero-order valence-electron chi connectivity index (χ0n) is 14.2. The van der Waals surface area contributed by atoms with Crippen molar-refractivity contribution in [2.75, 3.05) is 6.54 Å². The van der Waals surface area contributed by atoms with Crippen LogP contribution in [0, 0.1) is 17.2 Å². The highest BCUT2D eigenvalue weighted by Gasteiger charge is 2.57. The highest BCUT2D eigenvalue weighted by Crippen LogP contribution is 2.64. The van der Waals surface area contributed by atoms with Crippen LogP contribution in [0.1, 0.15) is 30.9 Å². The van der Waals surface area contributed by atoms with Crippen LogP contribution < -0.4 is 10.5 Å². The fraction of sp³-hybridized carbons (Fsp3) is 0.389. The molecule has 0 saturated heterocycles. The van der Waals surface area contributed by atoms with Crippen LogP contribution in [0.25, 0.3) is 0 Å². The first-order valence-corrected chi connectivity index (χ1v) is 9.67. The van der Waals surface area contributed by atoms with Crippen LogP contribution in [0.4, 0.5) is 4.39 Å². The molecule has 2 aromatic rings. The molecule has 1 aliphatic carbocycles. The Bertz CT molecular complexity index is 866. The molecule has 134 valence electrons. The second-order valence-electron chi connectivity index (χ2n) is 7.16. The number of halogens is 1. The lowest BCUT2D eigenvalue weighted by atomic mass is 10.0. The number of hydrogen-bond acceptors (Lipinski definition) is 4. The molecule has 3 N–H and O–H groups in total. The van der Waals surface area contributed by atoms with Gasteiger partial charge in [-0.15, -0.1) is 0 Å². The minimum Gasteiger partial charge on any atom is -0.312 e. The van der Waals surface area contributed by atoms with Gasteiger partial charge in [0.2, 0.25) is 10.0 Å². The van der Waals surface area contributed by atoms with Crippen molar-refractivity contribution in [1.82, 2.24) is 10.3 Å². The van der Waals surface area contributed by atoms with Crippen LogP contribution in [0.2, 0.25) is 0 Å². The van der Waals surface area contributed by atoms with Crippen molar-refractivity contribution >= 4 is 10.0 Å². The number of sulfonamides is 1. The molecule has 0 spiro atoms. The van der Waals surface area contributed by atoms with E-state index in [0.29, 0.717) is 18.4 Å². The van der Waals surface area contributed by atoms with Gasteiger partial charge in [-0.05, 0) is 53.1 Å². The molecular formula is C18H22FN3O2S. The number of nitrogens with zero attached hydrogens (tertiary/aromatic N) is 1. The van der Waals surface area contributed by atoms with Crippen LogP contribution in [-0.4, -0.2) is 19.9 Å². The van der Waals surface area contributed by atoms with Crippen LogP contribution >= 0.6 is 0 Å². The molecule has 0 bridgehead atoms. The molecule has 2 atom stereocenters. The van der Waals surface area contributed by atoms with Crippen molar-refractivity contribution in [2.45, 2.75) is 31.2 Å². The smallest absolute Gasteiger partial charge is 0.238 e. The molecule has 7 heteroatoms. The van der Waals surface area contributed by atoms with Crippen LogP contribution in [0.3, 0.4) is 0 Å². The summed E-state index contributed by atoms with van der Waals surface area (Å²) >= 11 is 0. The molecule has 0 amide bonds. The predicted octanol–water partition coefficient (Wildman–Crippen LogP) is 2.40. The number of rotatable bonds is 6. The molecule has 0 radical (unpaired) electrons. The quantitative estimate of drug-likeness (QED) is 0.825. The Hall–Kier alpha value is -1.83. The van der Waals surface area contributed by atoms with Gasteiger partial charge in [-0.1, -0.05) is 26.0 Å². The molecule has 1 heterocycles. The van der Waals surface area contributed by atoms with Crippen LogP contribution in [0.5, 0.6) is 0 Å². The van der Waals surface area contributed by atoms with Gasteiger partial charge < -0.3 is 5.32 Å². The average molecular weight is 363 g/mol. The second-order valence-corrected chi connectivity index (χ2v) is 8.72. The monoisotopic (exact) mass is 363 g/mol. The van der Waals surface area contributed by atoms with Crippen molar-refractivity contribution in [3.63, 3.8) is 0 Å². The van der Waals surface area contributed by atoms with Crippen molar-refractivity contribution in [2.24, 2.45) is 16.5 Å². The molecule has 1 fully saturated rings. The summed E-state index contributed by atoms with van der Waals surface area (Å²) in [6.45, 7) is 5.75. The minimum atomic E-state index is -3.66. The van der Waals surface area contributed by atoms with Gasteiger partial charge in [0, 0.05) is 12.7 Å². The van der Waals surface area contributed by atoms with Gasteiger partial charge >= 0.3 is 0 Å². The summed E-state index contributed by atoms with van der Waals surface area (Å²) in [5.41, 5.74) is 2.04. The third kappa shape index (κ3) is 3.89. The molecule has 1 saturated carbocycles. The Labute approximate surface area is 147 Å². The van der Waals surface area contributed by atoms with Gasteiger partial charge in [0.25, 0.3) is 0 Å². The van der Waals surface area contributed by atoms with Crippen molar-refractivity contribution in [3.05, 3.63) is 59.7 Å². The highest BCUT2D eigenvalue weighted by molar-refractivity contribution is 7.89. The Morgan fingerprint density at radius 2 is 1.92 bits per heavy atom. The number of aromatic nitrogens is 1. The minimum absolute atomic E-state index is 0.121. The SMILES string of the molecule is CC1(C)[C@H](CNCc2cncc(F)c2)[C@H]1c1ccc(S(N)(=O)=O)cc1. The fourth-order valence-corrected chi connectivity index (χ4v) is 4.09. The maximum absolute atomic E-state index is 13.1. The molecular weight excluding hydrogens is 341 g/mol. The first-order chi connectivity index (χ1) is 11.7. The van der Waals surface area contributed by atoms with Crippen LogP contribution in [-0.2, 0) is 16.6 Å². The second kappa shape index (κ2) is 6.48. The maximum Gasteiger partial charge on any atom is 0.238 e. The van der Waals surface area contributed by atoms with Gasteiger partial charge in [0.1, 0.15) is 5.82 Å². The summed E-state index contributed by atoms with van der Waals surface area (Å²) < 4.78 is 35.9. The van der Waals surface area contributed by atoms with Gasteiger partial charge in [-0.25, -0.2) is 17.9 Å². The lowest BCUT2D eigenvalue weighted by molar-refractivity contribution is 0.517. The van der Waals surface area contributed by atoms with E-state index in [2.05, 4.69) is 24.1 Å². The van der Waals surface area contributed by atoms with E-state index >= 15 is 0 Å². The summed E-state index contributed by atoms with van der Waals surface area (Å²) in [4.78, 5) is 3.97. The molecule has 0 aliphatic heterocycles. The third-order valence-electron chi connectivity index (χ3n) is 5.07. The summed E-state index contributed by atoms with van der Waals surface area (Å²) in [7, 11) is -3.66. The van der Waals surface area contributed by atoms with Gasteiger partial charge in [0.05, 0.1) is 11.1 Å². The number of pyridine rings is 1. The van der Waals surface area contributed by atoms with E-state index in [9.17, 15) is 12.8 Å². The van der Waals surface area contributed by atoms with E-state index in [-0.39, 0.29) is 16.1 Å². The van der Waals surface area contributed by atoms with Gasteiger partial charge in [-0.3, -0.25) is 4.98 Å². The standard InChI is InChI=1S/C18H22FN3O2S/c1-18(2)16(11-22-9-12-7-14(19)10-21-8-12)17(18)13-3-5-15(6-4-13)25(20,23)24/h3-8,10,16-17,22H,9,11H2,1-2H3,(H2,20,23,24)/t16-,17-/m1/s1. The van der Waals surface area contributed by atoms with Gasteiger partial charge in [0.15, 0.2) is 0 Å². The van der Waals surface area contributed by atoms with E-state index < -0.39 is 10.0 Å². The van der Waals surface area contributed by atoms with Crippen molar-refractivity contribution < 1.29 is 12.8 Å². The number of hydrogen-bond donors (Lipinski definition) is 2. The first-order valence-electron chi connectivity index (χ1n) is 8.12. The van der Waals surface area contributed by atoms with E-state index in [1.807, 2.05) is 12.1 Å². The van der Waals surface area contributed by atoms with E-state index in [1.165, 1.54) is 12.3 Å². The summed E-state index contributed by atoms with van der Waals surface area (Å²) in [5.74, 6) is 0.438. The number of benzene rings is 1. The molecule has 3 rings (SSSR count). The Morgan fingerprint density at radius 3 is 2.52 bits per heavy atom. The number of nitrogens with one attached hydrogen (secondary N) is 1. The third-order valence-corrected chi connectivity index (χ3v) is 6.00. The van der Waals surface area contributed by atoms with Crippen LogP contribution in [0.15, 0.2) is 47.6 Å². The average Bonchev–Trinajstić information content (AvgIpc) is 3.08. The van der Waals surface area contributed by atoms with Gasteiger partial charge in [-0.2, -0.15) is 0 Å². The molecule has 1 aromatic carbocycles. The maximum atomic E-state index is 13.1. The molecule has 1 aliphatic rings. The van der Waals surface area contributed by atoms with E-state index in [0.717, 1.165) is 17.7 Å². The zero-order chi connectivity index (χ0) is 18.2. The predicted molar refractivity (Wildman–Crippen MR) is 93.7 cm³/mol. The van der Waals surface area contributed by atoms with Crippen molar-refractivity contribution in [1.29, 1.82) is 0 Å². The summed E-state index contributed by atoms with van der Waals surface area (Å²) in [6, 6.07) is 8.26. The largest absolute Gasteiger partial charge is 0.312 e. The summed E-state index contributed by atoms with van der Waals surface area (Å²) in [6.07, 6.45) is 2.84. The molecule has 1 aromatic heterocycles. The Balaban J connectivity index is 1.62. The van der Waals surface area contributed by atoms with E-state index in [4.69, 9.17) is 5.14 Å². The molecule has 25 heavy (non-hydrogen) atoms. The first kappa shape index (κ1) is 18.0. The highest BCUT2D eigenvalue weighted by atomic mass is 32.2. The summed E-state index contributed by atoms with van der Waals surface area (Å²) in [5, 5.41) is 8.50. The van der Waals surface area contributed by atoms with E-state index in [1.54, 1.807) is 18.3 Å². The number of nitrogens with two attached hydrogens (primary N) is 1.